The van der Waals surface area contributed by atoms with E-state index in [-0.39, 0.29) is 11.5 Å². The molecule has 2 heteroatoms. The van der Waals surface area contributed by atoms with Gasteiger partial charge in [-0.25, -0.2) is 0 Å². The number of likely N-dealkylation sites (tertiary alicyclic amines) is 1. The highest BCUT2D eigenvalue weighted by Gasteiger charge is 2.51. The third-order valence-electron chi connectivity index (χ3n) is 5.68. The van der Waals surface area contributed by atoms with Crippen LogP contribution in [0.15, 0.2) is 91.0 Å². The molecule has 0 N–H and O–H groups in total. The molecule has 3 aromatic rings. The normalized spacial score (nSPS) is 26.2. The van der Waals surface area contributed by atoms with Gasteiger partial charge < -0.3 is 9.85 Å². The van der Waals surface area contributed by atoms with Crippen LogP contribution in [0.2, 0.25) is 0 Å². The summed E-state index contributed by atoms with van der Waals surface area (Å²) in [6.07, 6.45) is 0.132. The average Bonchev–Trinajstić information content (AvgIpc) is 3.02. The van der Waals surface area contributed by atoms with Crippen LogP contribution in [0, 0.1) is 5.21 Å². The van der Waals surface area contributed by atoms with E-state index in [1.165, 1.54) is 11.1 Å². The van der Waals surface area contributed by atoms with Gasteiger partial charge in [0, 0.05) is 14.2 Å². The summed E-state index contributed by atoms with van der Waals surface area (Å²) >= 11 is 0. The summed E-state index contributed by atoms with van der Waals surface area (Å²) < 4.78 is 8.46. The van der Waals surface area contributed by atoms with Crippen LogP contribution in [-0.4, -0.2) is 24.3 Å². The first-order chi connectivity index (χ1) is 13.0. The van der Waals surface area contributed by atoms with Crippen molar-refractivity contribution in [1.29, 1.82) is 0 Å². The molecular weight excluding hydrogens is 318 g/mol. The zero-order valence-electron chi connectivity index (χ0n) is 16.1. The van der Waals surface area contributed by atoms with E-state index in [0.29, 0.717) is 13.0 Å². The number of quaternary nitrogens is 1. The monoisotopic (exact) mass is 344 g/mol. The van der Waals surface area contributed by atoms with Crippen molar-refractivity contribution in [3.05, 3.63) is 113 Å². The zero-order valence-corrected chi connectivity index (χ0v) is 15.1. The summed E-state index contributed by atoms with van der Waals surface area (Å²) in [6.45, 7) is 0.452. The fourth-order valence-corrected chi connectivity index (χ4v) is 4.37. The van der Waals surface area contributed by atoms with Gasteiger partial charge in [0.1, 0.15) is 0 Å². The SMILES string of the molecule is [2H]C(c1ccccc1)[C@H]1CC(c2ccccc2)(c2ccccc2)C[N@+]1(C)[O-]. The Labute approximate surface area is 157 Å². The predicted octanol–water partition coefficient (Wildman–Crippen LogP) is 4.93. The fraction of sp³-hybridized carbons (Fsp3) is 0.250. The van der Waals surface area contributed by atoms with E-state index in [1.54, 1.807) is 7.05 Å². The molecule has 26 heavy (non-hydrogen) atoms. The minimum atomic E-state index is -0.539. The molecule has 0 spiro atoms. The number of benzene rings is 3. The maximum absolute atomic E-state index is 13.6. The molecule has 0 radical (unpaired) electrons. The Morgan fingerprint density at radius 3 is 1.85 bits per heavy atom. The van der Waals surface area contributed by atoms with Gasteiger partial charge in [-0.05, 0) is 16.7 Å². The molecule has 0 amide bonds. The van der Waals surface area contributed by atoms with E-state index in [4.69, 9.17) is 1.37 Å². The molecule has 0 saturated carbocycles. The van der Waals surface area contributed by atoms with E-state index < -0.39 is 11.0 Å². The van der Waals surface area contributed by atoms with Gasteiger partial charge in [-0.1, -0.05) is 91.0 Å². The van der Waals surface area contributed by atoms with Crippen molar-refractivity contribution in [2.75, 3.05) is 13.6 Å². The smallest absolute Gasteiger partial charge is 0.0940 e. The molecule has 1 saturated heterocycles. The first-order valence-corrected chi connectivity index (χ1v) is 9.17. The summed E-state index contributed by atoms with van der Waals surface area (Å²) in [6, 6.07) is 30.1. The molecule has 1 fully saturated rings. The highest BCUT2D eigenvalue weighted by atomic mass is 16.5. The molecule has 1 unspecified atom stereocenters. The number of nitrogens with zero attached hydrogens (tertiary/aromatic N) is 1. The van der Waals surface area contributed by atoms with Gasteiger partial charge in [0.25, 0.3) is 0 Å². The molecule has 0 aliphatic carbocycles. The molecule has 0 bridgehead atoms. The molecule has 4 rings (SSSR count). The van der Waals surface area contributed by atoms with E-state index in [1.807, 2.05) is 66.7 Å². The first kappa shape index (κ1) is 15.8. The standard InChI is InChI=1S/C24H25NO/c1-25(26)19-24(21-13-7-3-8-14-21,22-15-9-4-10-16-22)18-23(25)17-20-11-5-2-6-12-20/h2-16,23H,17-19H2,1H3/t23-,25-/m0/s1/i17D/t17?,23-,25-. The highest BCUT2D eigenvalue weighted by molar-refractivity contribution is 5.41. The van der Waals surface area contributed by atoms with Crippen molar-refractivity contribution in [3.63, 3.8) is 0 Å². The van der Waals surface area contributed by atoms with Crippen LogP contribution in [0.3, 0.4) is 0 Å². The lowest BCUT2D eigenvalue weighted by Crippen LogP contribution is -2.45. The topological polar surface area (TPSA) is 23.1 Å². The molecule has 3 aromatic carbocycles. The van der Waals surface area contributed by atoms with Crippen LogP contribution in [0.4, 0.5) is 0 Å². The third-order valence-corrected chi connectivity index (χ3v) is 5.68. The minimum absolute atomic E-state index is 0.312. The van der Waals surface area contributed by atoms with Crippen LogP contribution >= 0.6 is 0 Å². The Kier molecular flexibility index (Phi) is 4.08. The lowest BCUT2D eigenvalue weighted by atomic mass is 9.72. The molecular formula is C24H25NO. The highest BCUT2D eigenvalue weighted by Crippen LogP contribution is 2.46. The maximum atomic E-state index is 13.6. The van der Waals surface area contributed by atoms with E-state index in [2.05, 4.69) is 24.3 Å². The van der Waals surface area contributed by atoms with Crippen molar-refractivity contribution in [2.24, 2.45) is 0 Å². The average molecular weight is 344 g/mol. The van der Waals surface area contributed by atoms with Crippen LogP contribution in [-0.2, 0) is 11.8 Å². The summed E-state index contributed by atoms with van der Waals surface area (Å²) in [5, 5.41) is 13.6. The molecule has 1 heterocycles. The van der Waals surface area contributed by atoms with Crippen LogP contribution < -0.4 is 0 Å². The van der Waals surface area contributed by atoms with Crippen LogP contribution in [0.25, 0.3) is 0 Å². The van der Waals surface area contributed by atoms with Crippen molar-refractivity contribution < 1.29 is 6.02 Å². The molecule has 2 nitrogen and oxygen atoms in total. The predicted molar refractivity (Wildman–Crippen MR) is 107 cm³/mol. The van der Waals surface area contributed by atoms with Gasteiger partial charge in [-0.2, -0.15) is 0 Å². The number of hydrogen-bond acceptors (Lipinski definition) is 1. The Bertz CT molecular complexity index is 841. The Morgan fingerprint density at radius 1 is 0.885 bits per heavy atom. The number of likely N-dealkylation sites (N-methyl/N-ethyl adjacent to an activating group) is 1. The second-order valence-electron chi connectivity index (χ2n) is 7.50. The van der Waals surface area contributed by atoms with Crippen LogP contribution in [0.1, 0.15) is 24.5 Å². The van der Waals surface area contributed by atoms with E-state index >= 15 is 0 Å². The van der Waals surface area contributed by atoms with Gasteiger partial charge in [0.2, 0.25) is 0 Å². The first-order valence-electron chi connectivity index (χ1n) is 9.75. The molecule has 3 atom stereocenters. The molecule has 1 aliphatic heterocycles. The van der Waals surface area contributed by atoms with Crippen molar-refractivity contribution >= 4 is 0 Å². The molecule has 0 aromatic heterocycles. The van der Waals surface area contributed by atoms with Crippen LogP contribution in [0.5, 0.6) is 0 Å². The summed E-state index contributed by atoms with van der Waals surface area (Å²) in [5.74, 6) is 0. The van der Waals surface area contributed by atoms with E-state index in [0.717, 1.165) is 5.56 Å². The van der Waals surface area contributed by atoms with E-state index in [9.17, 15) is 5.21 Å². The Balaban J connectivity index is 1.80. The lowest BCUT2D eigenvalue weighted by molar-refractivity contribution is -0.874. The second-order valence-corrected chi connectivity index (χ2v) is 7.50. The van der Waals surface area contributed by atoms with Gasteiger partial charge >= 0.3 is 0 Å². The van der Waals surface area contributed by atoms with Crippen molar-refractivity contribution in [2.45, 2.75) is 24.3 Å². The van der Waals surface area contributed by atoms with Gasteiger partial charge in [-0.3, -0.25) is 0 Å². The second kappa shape index (κ2) is 6.71. The summed E-state index contributed by atoms with van der Waals surface area (Å²) in [5.41, 5.74) is 2.88. The maximum Gasteiger partial charge on any atom is 0.0940 e. The Morgan fingerprint density at radius 2 is 1.35 bits per heavy atom. The van der Waals surface area contributed by atoms with Gasteiger partial charge in [0.05, 0.1) is 25.0 Å². The zero-order chi connectivity index (χ0) is 18.9. The molecule has 1 aliphatic rings. The summed E-state index contributed by atoms with van der Waals surface area (Å²) in [4.78, 5) is 0. The third kappa shape index (κ3) is 3.07. The Hall–Kier alpha value is -2.42. The van der Waals surface area contributed by atoms with Gasteiger partial charge in [0.15, 0.2) is 0 Å². The van der Waals surface area contributed by atoms with Gasteiger partial charge in [-0.15, -0.1) is 0 Å². The van der Waals surface area contributed by atoms with Crippen molar-refractivity contribution in [3.8, 4) is 0 Å². The fourth-order valence-electron chi connectivity index (χ4n) is 4.37. The molecule has 132 valence electrons. The number of hydrogen-bond donors (Lipinski definition) is 0. The number of hydroxylamine groups is 3. The van der Waals surface area contributed by atoms with Crippen molar-refractivity contribution in [1.82, 2.24) is 0 Å². The largest absolute Gasteiger partial charge is 0.633 e. The summed E-state index contributed by atoms with van der Waals surface area (Å²) in [7, 11) is 1.74. The quantitative estimate of drug-likeness (QED) is 0.486. The lowest BCUT2D eigenvalue weighted by Gasteiger charge is -2.41. The minimum Gasteiger partial charge on any atom is -0.633 e. The number of rotatable bonds is 4.